The summed E-state index contributed by atoms with van der Waals surface area (Å²) in [6, 6.07) is 8.75. The third-order valence-electron chi connectivity index (χ3n) is 4.53. The largest absolute Gasteiger partial charge is 0.374 e. The number of nitrogens with zero attached hydrogens (tertiary/aromatic N) is 1. The molecule has 2 aliphatic rings. The van der Waals surface area contributed by atoms with Crippen molar-refractivity contribution in [1.82, 2.24) is 0 Å². The number of hydrogen-bond donors (Lipinski definition) is 0. The second-order valence-corrected chi connectivity index (χ2v) is 5.47. The van der Waals surface area contributed by atoms with Crippen molar-refractivity contribution in [2.75, 3.05) is 25.1 Å². The Kier molecular flexibility index (Phi) is 2.62. The highest BCUT2D eigenvalue weighted by molar-refractivity contribution is 5.58. The van der Waals surface area contributed by atoms with Crippen LogP contribution in [0.2, 0.25) is 0 Å². The van der Waals surface area contributed by atoms with Gasteiger partial charge in [-0.3, -0.25) is 0 Å². The highest BCUT2D eigenvalue weighted by Gasteiger charge is 2.44. The molecule has 2 heterocycles. The van der Waals surface area contributed by atoms with Crippen molar-refractivity contribution in [3.63, 3.8) is 0 Å². The smallest absolute Gasteiger partial charge is 0.0993 e. The molecule has 3 rings (SSSR count). The summed E-state index contributed by atoms with van der Waals surface area (Å²) in [5.74, 6) is 0.631. The highest BCUT2D eigenvalue weighted by Crippen LogP contribution is 2.48. The van der Waals surface area contributed by atoms with E-state index in [0.717, 1.165) is 19.6 Å². The number of anilines is 1. The van der Waals surface area contributed by atoms with Gasteiger partial charge >= 0.3 is 0 Å². The Hall–Kier alpha value is -1.02. The standard InChI is InChI=1S/C15H21NO/c1-12-6-5-11-17-15(12)9-10-16(2)14-8-4-3-7-13(14)15/h3-4,7-8,12H,5-6,9-11H2,1-2H3. The lowest BCUT2D eigenvalue weighted by atomic mass is 9.73. The van der Waals surface area contributed by atoms with Crippen LogP contribution in [-0.2, 0) is 10.3 Å². The fourth-order valence-electron chi connectivity index (χ4n) is 3.43. The predicted octanol–water partition coefficient (Wildman–Crippen LogP) is 3.17. The maximum Gasteiger partial charge on any atom is 0.0993 e. The summed E-state index contributed by atoms with van der Waals surface area (Å²) in [5, 5.41) is 0. The quantitative estimate of drug-likeness (QED) is 0.680. The van der Waals surface area contributed by atoms with Gasteiger partial charge in [0.2, 0.25) is 0 Å². The molecule has 0 N–H and O–H groups in total. The van der Waals surface area contributed by atoms with Crippen LogP contribution in [0.25, 0.3) is 0 Å². The van der Waals surface area contributed by atoms with E-state index in [2.05, 4.69) is 43.1 Å². The van der Waals surface area contributed by atoms with E-state index < -0.39 is 0 Å². The van der Waals surface area contributed by atoms with Gasteiger partial charge in [0, 0.05) is 31.5 Å². The average molecular weight is 231 g/mol. The molecular weight excluding hydrogens is 210 g/mol. The topological polar surface area (TPSA) is 12.5 Å². The average Bonchev–Trinajstić information content (AvgIpc) is 2.37. The summed E-state index contributed by atoms with van der Waals surface area (Å²) >= 11 is 0. The van der Waals surface area contributed by atoms with Crippen molar-refractivity contribution >= 4 is 5.69 Å². The van der Waals surface area contributed by atoms with Crippen LogP contribution in [0.4, 0.5) is 5.69 Å². The number of fused-ring (bicyclic) bond motifs is 2. The van der Waals surface area contributed by atoms with E-state index in [1.54, 1.807) is 0 Å². The molecule has 0 radical (unpaired) electrons. The third kappa shape index (κ3) is 1.58. The van der Waals surface area contributed by atoms with Gasteiger partial charge in [0.1, 0.15) is 0 Å². The van der Waals surface area contributed by atoms with Gasteiger partial charge in [-0.1, -0.05) is 25.1 Å². The zero-order chi connectivity index (χ0) is 11.9. The van der Waals surface area contributed by atoms with E-state index in [0.29, 0.717) is 5.92 Å². The van der Waals surface area contributed by atoms with Gasteiger partial charge < -0.3 is 9.64 Å². The van der Waals surface area contributed by atoms with E-state index in [4.69, 9.17) is 4.74 Å². The molecule has 2 aliphatic heterocycles. The molecule has 0 amide bonds. The molecule has 1 aromatic rings. The fraction of sp³-hybridized carbons (Fsp3) is 0.600. The lowest BCUT2D eigenvalue weighted by molar-refractivity contribution is -0.126. The van der Waals surface area contributed by atoms with Gasteiger partial charge in [0.15, 0.2) is 0 Å². The number of para-hydroxylation sites is 1. The molecule has 2 nitrogen and oxygen atoms in total. The van der Waals surface area contributed by atoms with Gasteiger partial charge in [0.05, 0.1) is 5.60 Å². The monoisotopic (exact) mass is 231 g/mol. The Morgan fingerprint density at radius 2 is 2.18 bits per heavy atom. The normalized spacial score (nSPS) is 32.6. The second kappa shape index (κ2) is 4.02. The Morgan fingerprint density at radius 3 is 3.00 bits per heavy atom. The molecule has 17 heavy (non-hydrogen) atoms. The molecule has 1 aromatic carbocycles. The van der Waals surface area contributed by atoms with Crippen molar-refractivity contribution in [3.8, 4) is 0 Å². The minimum Gasteiger partial charge on any atom is -0.374 e. The molecule has 2 heteroatoms. The molecule has 2 unspecified atom stereocenters. The van der Waals surface area contributed by atoms with Gasteiger partial charge in [-0.2, -0.15) is 0 Å². The highest BCUT2D eigenvalue weighted by atomic mass is 16.5. The first-order valence-electron chi connectivity index (χ1n) is 6.69. The zero-order valence-electron chi connectivity index (χ0n) is 10.8. The van der Waals surface area contributed by atoms with E-state index >= 15 is 0 Å². The Balaban J connectivity index is 2.10. The molecule has 2 atom stereocenters. The minimum absolute atomic E-state index is 0.0125. The van der Waals surface area contributed by atoms with Crippen LogP contribution in [0.1, 0.15) is 31.7 Å². The van der Waals surface area contributed by atoms with Crippen LogP contribution in [0.5, 0.6) is 0 Å². The predicted molar refractivity (Wildman–Crippen MR) is 70.4 cm³/mol. The summed E-state index contributed by atoms with van der Waals surface area (Å²) in [6.07, 6.45) is 3.63. The summed E-state index contributed by atoms with van der Waals surface area (Å²) in [4.78, 5) is 2.35. The first-order chi connectivity index (χ1) is 8.24. The molecule has 1 saturated heterocycles. The van der Waals surface area contributed by atoms with Gasteiger partial charge in [0.25, 0.3) is 0 Å². The SMILES string of the molecule is CC1CCCOC12CCN(C)c1ccccc12. The van der Waals surface area contributed by atoms with E-state index in [-0.39, 0.29) is 5.60 Å². The molecule has 0 bridgehead atoms. The maximum atomic E-state index is 6.27. The van der Waals surface area contributed by atoms with Crippen LogP contribution in [0, 0.1) is 5.92 Å². The van der Waals surface area contributed by atoms with Crippen LogP contribution in [0.15, 0.2) is 24.3 Å². The molecular formula is C15H21NO. The number of rotatable bonds is 0. The second-order valence-electron chi connectivity index (χ2n) is 5.47. The van der Waals surface area contributed by atoms with Crippen LogP contribution in [0.3, 0.4) is 0 Å². The molecule has 0 aliphatic carbocycles. The summed E-state index contributed by atoms with van der Waals surface area (Å²) in [5.41, 5.74) is 2.75. The summed E-state index contributed by atoms with van der Waals surface area (Å²) < 4.78 is 6.27. The number of ether oxygens (including phenoxy) is 1. The molecule has 92 valence electrons. The molecule has 1 spiro atoms. The molecule has 0 saturated carbocycles. The lowest BCUT2D eigenvalue weighted by Crippen LogP contribution is -2.47. The molecule has 1 fully saturated rings. The van der Waals surface area contributed by atoms with Crippen molar-refractivity contribution in [2.45, 2.75) is 31.8 Å². The summed E-state index contributed by atoms with van der Waals surface area (Å²) in [7, 11) is 2.18. The minimum atomic E-state index is -0.0125. The first kappa shape index (κ1) is 11.1. The summed E-state index contributed by atoms with van der Waals surface area (Å²) in [6.45, 7) is 4.37. The van der Waals surface area contributed by atoms with Gasteiger partial charge in [-0.05, 0) is 31.2 Å². The number of hydrogen-bond acceptors (Lipinski definition) is 2. The van der Waals surface area contributed by atoms with Crippen LogP contribution in [-0.4, -0.2) is 20.2 Å². The fourth-order valence-corrected chi connectivity index (χ4v) is 3.43. The van der Waals surface area contributed by atoms with Gasteiger partial charge in [-0.25, -0.2) is 0 Å². The Morgan fingerprint density at radius 1 is 1.35 bits per heavy atom. The maximum absolute atomic E-state index is 6.27. The van der Waals surface area contributed by atoms with Crippen molar-refractivity contribution in [1.29, 1.82) is 0 Å². The molecule has 0 aromatic heterocycles. The first-order valence-corrected chi connectivity index (χ1v) is 6.69. The van der Waals surface area contributed by atoms with E-state index in [9.17, 15) is 0 Å². The van der Waals surface area contributed by atoms with Crippen molar-refractivity contribution in [3.05, 3.63) is 29.8 Å². The lowest BCUT2D eigenvalue weighted by Gasteiger charge is -2.48. The van der Waals surface area contributed by atoms with E-state index in [1.807, 2.05) is 0 Å². The Labute approximate surface area is 104 Å². The third-order valence-corrected chi connectivity index (χ3v) is 4.53. The van der Waals surface area contributed by atoms with Crippen LogP contribution < -0.4 is 4.90 Å². The van der Waals surface area contributed by atoms with Crippen LogP contribution >= 0.6 is 0 Å². The van der Waals surface area contributed by atoms with Crippen molar-refractivity contribution < 1.29 is 4.74 Å². The zero-order valence-corrected chi connectivity index (χ0v) is 10.8. The van der Waals surface area contributed by atoms with Gasteiger partial charge in [-0.15, -0.1) is 0 Å². The van der Waals surface area contributed by atoms with E-state index in [1.165, 1.54) is 24.1 Å². The number of benzene rings is 1. The van der Waals surface area contributed by atoms with Crippen molar-refractivity contribution in [2.24, 2.45) is 5.92 Å². The Bertz CT molecular complexity index is 417.